The number of ether oxygens (including phenoxy) is 3. The number of nitro benzene ring substituents is 1. The lowest BCUT2D eigenvalue weighted by molar-refractivity contribution is -0.385. The lowest BCUT2D eigenvalue weighted by Gasteiger charge is -2.15. The minimum atomic E-state index is -1.06. The zero-order valence-electron chi connectivity index (χ0n) is 17.6. The molecule has 0 saturated carbocycles. The number of benzene rings is 3. The second-order valence-corrected chi connectivity index (χ2v) is 7.18. The number of carbonyl (C=O) groups excluding carboxylic acids is 2. The van der Waals surface area contributed by atoms with Crippen LogP contribution in [0.4, 0.5) is 11.4 Å². The van der Waals surface area contributed by atoms with Crippen LogP contribution in [0.25, 0.3) is 0 Å². The van der Waals surface area contributed by atoms with E-state index in [1.54, 1.807) is 24.3 Å². The molecule has 0 aliphatic heterocycles. The Morgan fingerprint density at radius 1 is 1.00 bits per heavy atom. The number of hydrogen-bond donors (Lipinski definition) is 1. The van der Waals surface area contributed by atoms with Crippen LogP contribution in [0.2, 0.25) is 5.02 Å². The molecular formula is C23H19ClN2O7. The Morgan fingerprint density at radius 3 is 2.36 bits per heavy atom. The van der Waals surface area contributed by atoms with Gasteiger partial charge in [-0.25, -0.2) is 4.79 Å². The van der Waals surface area contributed by atoms with Crippen molar-refractivity contribution in [3.63, 3.8) is 0 Å². The van der Waals surface area contributed by atoms with Crippen molar-refractivity contribution in [1.82, 2.24) is 0 Å². The average molecular weight is 471 g/mol. The molecule has 10 heteroatoms. The molecule has 3 aromatic carbocycles. The minimum Gasteiger partial charge on any atom is -0.493 e. The molecule has 0 bridgehead atoms. The van der Waals surface area contributed by atoms with Gasteiger partial charge in [0.1, 0.15) is 0 Å². The predicted octanol–water partition coefficient (Wildman–Crippen LogP) is 5.23. The van der Waals surface area contributed by atoms with Crippen LogP contribution >= 0.6 is 11.6 Å². The van der Waals surface area contributed by atoms with Crippen molar-refractivity contribution in [2.24, 2.45) is 0 Å². The largest absolute Gasteiger partial charge is 0.493 e. The summed E-state index contributed by atoms with van der Waals surface area (Å²) in [6.07, 6.45) is -1.06. The van der Waals surface area contributed by atoms with Crippen molar-refractivity contribution in [1.29, 1.82) is 0 Å². The summed E-state index contributed by atoms with van der Waals surface area (Å²) in [6, 6.07) is 16.9. The molecule has 0 aliphatic carbocycles. The van der Waals surface area contributed by atoms with E-state index in [1.807, 2.05) is 6.07 Å². The number of hydrogen-bond acceptors (Lipinski definition) is 7. The van der Waals surface area contributed by atoms with E-state index in [0.29, 0.717) is 5.69 Å². The molecule has 1 unspecified atom stereocenters. The van der Waals surface area contributed by atoms with Crippen LogP contribution in [0.1, 0.15) is 17.3 Å². The fourth-order valence-corrected chi connectivity index (χ4v) is 2.93. The van der Waals surface area contributed by atoms with E-state index in [0.717, 1.165) is 6.07 Å². The van der Waals surface area contributed by atoms with Crippen LogP contribution in [0, 0.1) is 10.1 Å². The van der Waals surface area contributed by atoms with E-state index in [1.165, 1.54) is 44.4 Å². The van der Waals surface area contributed by atoms with Gasteiger partial charge in [-0.05, 0) is 49.4 Å². The molecule has 1 atom stereocenters. The van der Waals surface area contributed by atoms with Gasteiger partial charge in [0.15, 0.2) is 17.6 Å². The van der Waals surface area contributed by atoms with Gasteiger partial charge in [-0.2, -0.15) is 0 Å². The lowest BCUT2D eigenvalue weighted by Crippen LogP contribution is -2.30. The molecular weight excluding hydrogens is 452 g/mol. The number of nitrogens with zero attached hydrogens (tertiary/aromatic N) is 1. The van der Waals surface area contributed by atoms with E-state index in [-0.39, 0.29) is 33.5 Å². The van der Waals surface area contributed by atoms with Crippen molar-refractivity contribution in [3.05, 3.63) is 87.4 Å². The SMILES string of the molecule is COc1cc(C(=O)OC(C)C(=O)Nc2ccccc2)ccc1Oc1ccc(Cl)cc1[N+](=O)[O-]. The smallest absolute Gasteiger partial charge is 0.339 e. The van der Waals surface area contributed by atoms with Crippen molar-refractivity contribution >= 4 is 34.9 Å². The number of nitro groups is 1. The second-order valence-electron chi connectivity index (χ2n) is 6.74. The Kier molecular flexibility index (Phi) is 7.47. The third kappa shape index (κ3) is 5.98. The van der Waals surface area contributed by atoms with E-state index >= 15 is 0 Å². The molecule has 0 radical (unpaired) electrons. The number of nitrogens with one attached hydrogen (secondary N) is 1. The summed E-state index contributed by atoms with van der Waals surface area (Å²) in [5, 5.41) is 14.1. The van der Waals surface area contributed by atoms with Gasteiger partial charge in [0.05, 0.1) is 17.6 Å². The van der Waals surface area contributed by atoms with Crippen LogP contribution in [-0.2, 0) is 9.53 Å². The van der Waals surface area contributed by atoms with E-state index in [2.05, 4.69) is 5.32 Å². The minimum absolute atomic E-state index is 0.0516. The Hall–Kier alpha value is -4.11. The van der Waals surface area contributed by atoms with E-state index in [9.17, 15) is 19.7 Å². The normalized spacial score (nSPS) is 11.2. The van der Waals surface area contributed by atoms with Gasteiger partial charge >= 0.3 is 11.7 Å². The maximum atomic E-state index is 12.5. The fourth-order valence-electron chi connectivity index (χ4n) is 2.76. The van der Waals surface area contributed by atoms with Crippen molar-refractivity contribution in [2.75, 3.05) is 12.4 Å². The maximum Gasteiger partial charge on any atom is 0.339 e. The summed E-state index contributed by atoms with van der Waals surface area (Å²) in [5.41, 5.74) is 0.348. The molecule has 0 heterocycles. The molecule has 0 saturated heterocycles. The summed E-state index contributed by atoms with van der Waals surface area (Å²) in [4.78, 5) is 35.5. The number of methoxy groups -OCH3 is 1. The number of rotatable bonds is 8. The van der Waals surface area contributed by atoms with Gasteiger partial charge in [0.2, 0.25) is 5.75 Å². The first-order valence-corrected chi connectivity index (χ1v) is 10.0. The Bertz CT molecular complexity index is 1180. The van der Waals surface area contributed by atoms with Crippen LogP contribution in [0.5, 0.6) is 17.2 Å². The number of carbonyl (C=O) groups is 2. The van der Waals surface area contributed by atoms with Crippen LogP contribution in [0.3, 0.4) is 0 Å². The third-order valence-electron chi connectivity index (χ3n) is 4.43. The topological polar surface area (TPSA) is 117 Å². The average Bonchev–Trinajstić information content (AvgIpc) is 2.80. The lowest BCUT2D eigenvalue weighted by atomic mass is 10.2. The van der Waals surface area contributed by atoms with Gasteiger partial charge < -0.3 is 19.5 Å². The summed E-state index contributed by atoms with van der Waals surface area (Å²) in [6.45, 7) is 1.45. The maximum absolute atomic E-state index is 12.5. The molecule has 170 valence electrons. The molecule has 9 nitrogen and oxygen atoms in total. The first-order valence-electron chi connectivity index (χ1n) is 9.65. The molecule has 0 aromatic heterocycles. The number of para-hydroxylation sites is 1. The summed E-state index contributed by atoms with van der Waals surface area (Å²) >= 11 is 5.82. The zero-order valence-corrected chi connectivity index (χ0v) is 18.4. The highest BCUT2D eigenvalue weighted by molar-refractivity contribution is 6.30. The summed E-state index contributed by atoms with van der Waals surface area (Å²) in [5.74, 6) is -1.03. The molecule has 0 fully saturated rings. The van der Waals surface area contributed by atoms with Gasteiger partial charge in [-0.15, -0.1) is 0 Å². The summed E-state index contributed by atoms with van der Waals surface area (Å²) < 4.78 is 16.1. The van der Waals surface area contributed by atoms with Crippen LogP contribution < -0.4 is 14.8 Å². The first-order chi connectivity index (χ1) is 15.8. The molecule has 0 spiro atoms. The molecule has 3 rings (SSSR count). The monoisotopic (exact) mass is 470 g/mol. The molecule has 0 aliphatic rings. The van der Waals surface area contributed by atoms with E-state index in [4.69, 9.17) is 25.8 Å². The highest BCUT2D eigenvalue weighted by Gasteiger charge is 2.22. The quantitative estimate of drug-likeness (QED) is 0.272. The number of anilines is 1. The summed E-state index contributed by atoms with van der Waals surface area (Å²) in [7, 11) is 1.35. The van der Waals surface area contributed by atoms with Crippen molar-refractivity contribution < 1.29 is 28.7 Å². The van der Waals surface area contributed by atoms with Crippen LogP contribution in [0.15, 0.2) is 66.7 Å². The van der Waals surface area contributed by atoms with Gasteiger partial charge in [0, 0.05) is 16.8 Å². The van der Waals surface area contributed by atoms with Crippen LogP contribution in [-0.4, -0.2) is 30.0 Å². The highest BCUT2D eigenvalue weighted by atomic mass is 35.5. The molecule has 1 amide bonds. The molecule has 33 heavy (non-hydrogen) atoms. The standard InChI is InChI=1S/C23H19ClN2O7/c1-14(22(27)25-17-6-4-3-5-7-17)32-23(28)15-8-10-20(21(12-15)31-2)33-19-11-9-16(24)13-18(19)26(29)30/h3-14H,1-2H3,(H,25,27). The fraction of sp³-hybridized carbons (Fsp3) is 0.130. The number of amides is 1. The third-order valence-corrected chi connectivity index (χ3v) is 4.67. The Labute approximate surface area is 194 Å². The van der Waals surface area contributed by atoms with Gasteiger partial charge in [0.25, 0.3) is 5.91 Å². The van der Waals surface area contributed by atoms with Gasteiger partial charge in [-0.3, -0.25) is 14.9 Å². The highest BCUT2D eigenvalue weighted by Crippen LogP contribution is 2.38. The first kappa shape index (κ1) is 23.6. The van der Waals surface area contributed by atoms with E-state index < -0.39 is 22.9 Å². The number of esters is 1. The van der Waals surface area contributed by atoms with Gasteiger partial charge in [-0.1, -0.05) is 29.8 Å². The number of halogens is 1. The Morgan fingerprint density at radius 2 is 1.70 bits per heavy atom. The zero-order chi connectivity index (χ0) is 24.0. The molecule has 3 aromatic rings. The molecule has 1 N–H and O–H groups in total. The second kappa shape index (κ2) is 10.5. The van der Waals surface area contributed by atoms with Crippen molar-refractivity contribution in [2.45, 2.75) is 13.0 Å². The predicted molar refractivity (Wildman–Crippen MR) is 121 cm³/mol. The van der Waals surface area contributed by atoms with Crippen molar-refractivity contribution in [3.8, 4) is 17.2 Å². The Balaban J connectivity index is 1.73.